The molecule has 2 heterocycles. The number of carbonyl (C=O) groups excluding carboxylic acids is 1. The van der Waals surface area contributed by atoms with Crippen molar-refractivity contribution in [1.82, 2.24) is 9.80 Å². The lowest BCUT2D eigenvalue weighted by molar-refractivity contribution is -0.140. The Morgan fingerprint density at radius 2 is 1.66 bits per heavy atom. The van der Waals surface area contributed by atoms with E-state index in [0.717, 1.165) is 30.7 Å². The molecule has 1 aromatic rings. The Bertz CT molecular complexity index is 653. The first-order chi connectivity index (χ1) is 12.8. The fourth-order valence-corrected chi connectivity index (χ4v) is 3.65. The number of hydrogen-bond donors (Lipinski definition) is 1. The Labute approximate surface area is 181 Å². The predicted molar refractivity (Wildman–Crippen MR) is 109 cm³/mol. The Morgan fingerprint density at radius 3 is 2.24 bits per heavy atom. The van der Waals surface area contributed by atoms with Crippen molar-refractivity contribution in [3.8, 4) is 0 Å². The van der Waals surface area contributed by atoms with Gasteiger partial charge in [-0.05, 0) is 37.0 Å². The highest BCUT2D eigenvalue weighted by Gasteiger charge is 2.39. The van der Waals surface area contributed by atoms with Gasteiger partial charge in [0.05, 0.1) is 11.1 Å². The highest BCUT2D eigenvalue weighted by Crippen LogP contribution is 2.29. The van der Waals surface area contributed by atoms with Crippen molar-refractivity contribution in [2.75, 3.05) is 39.4 Å². The second-order valence-electron chi connectivity index (χ2n) is 7.39. The number of carbonyl (C=O) groups is 1. The van der Waals surface area contributed by atoms with Crippen molar-refractivity contribution in [3.63, 3.8) is 0 Å². The van der Waals surface area contributed by atoms with E-state index in [1.807, 2.05) is 4.90 Å². The first-order valence-corrected chi connectivity index (χ1v) is 9.32. The summed E-state index contributed by atoms with van der Waals surface area (Å²) in [6.45, 7) is 4.31. The minimum atomic E-state index is -4.32. The maximum atomic E-state index is 12.8. The van der Waals surface area contributed by atoms with Gasteiger partial charge in [-0.1, -0.05) is 12.1 Å². The maximum absolute atomic E-state index is 12.8. The van der Waals surface area contributed by atoms with E-state index in [-0.39, 0.29) is 30.7 Å². The van der Waals surface area contributed by atoms with Crippen LogP contribution in [0.2, 0.25) is 0 Å². The molecule has 2 aliphatic heterocycles. The van der Waals surface area contributed by atoms with E-state index in [1.54, 1.807) is 0 Å². The number of rotatable bonds is 3. The molecule has 2 saturated heterocycles. The molecule has 0 bridgehead atoms. The van der Waals surface area contributed by atoms with Crippen LogP contribution >= 0.6 is 24.8 Å². The summed E-state index contributed by atoms with van der Waals surface area (Å²) in [4.78, 5) is 16.8. The molecular weight excluding hydrogens is 430 g/mol. The van der Waals surface area contributed by atoms with Gasteiger partial charge >= 0.3 is 6.18 Å². The van der Waals surface area contributed by atoms with Crippen LogP contribution in [0.15, 0.2) is 24.3 Å². The van der Waals surface area contributed by atoms with Gasteiger partial charge in [-0.3, -0.25) is 9.69 Å². The van der Waals surface area contributed by atoms with Crippen LogP contribution < -0.4 is 5.73 Å². The van der Waals surface area contributed by atoms with Gasteiger partial charge in [0.1, 0.15) is 0 Å². The number of benzene rings is 1. The molecule has 1 aromatic carbocycles. The summed E-state index contributed by atoms with van der Waals surface area (Å²) in [5.74, 6) is -0.0119. The highest BCUT2D eigenvalue weighted by atomic mass is 35.5. The Morgan fingerprint density at radius 1 is 1.03 bits per heavy atom. The lowest BCUT2D eigenvalue weighted by atomic mass is 9.89. The van der Waals surface area contributed by atoms with Crippen molar-refractivity contribution < 1.29 is 22.7 Å². The van der Waals surface area contributed by atoms with E-state index in [1.165, 1.54) is 12.1 Å². The number of nitrogens with zero attached hydrogens (tertiary/aromatic N) is 2. The molecule has 2 N–H and O–H groups in total. The Hall–Kier alpha value is -1.06. The molecule has 0 atom stereocenters. The number of hydrogen-bond acceptors (Lipinski definition) is 4. The number of amides is 1. The van der Waals surface area contributed by atoms with E-state index >= 15 is 0 Å². The number of ether oxygens (including phenoxy) is 1. The lowest BCUT2D eigenvalue weighted by Gasteiger charge is -2.36. The van der Waals surface area contributed by atoms with E-state index in [2.05, 4.69) is 4.90 Å². The summed E-state index contributed by atoms with van der Waals surface area (Å²) in [6.07, 6.45) is -2.42. The molecule has 10 heteroatoms. The van der Waals surface area contributed by atoms with Crippen LogP contribution in [0.4, 0.5) is 13.2 Å². The summed E-state index contributed by atoms with van der Waals surface area (Å²) >= 11 is 0. The standard InChI is InChI=1S/C19H26F3N3O2.2ClH/c20-19(21,22)16-4-2-15(3-5-16)14-24-8-1-9-25(11-10-24)17(26)18(23)6-12-27-13-7-18;;/h2-5H,1,6-14,23H2;2*1H. The monoisotopic (exact) mass is 457 g/mol. The average molecular weight is 458 g/mol. The molecule has 0 aromatic heterocycles. The minimum absolute atomic E-state index is 0. The van der Waals surface area contributed by atoms with Crippen LogP contribution in [-0.4, -0.2) is 60.6 Å². The topological polar surface area (TPSA) is 58.8 Å². The zero-order chi connectivity index (χ0) is 19.5. The van der Waals surface area contributed by atoms with Crippen LogP contribution in [0.5, 0.6) is 0 Å². The maximum Gasteiger partial charge on any atom is 0.416 e. The second-order valence-corrected chi connectivity index (χ2v) is 7.39. The van der Waals surface area contributed by atoms with Gasteiger partial charge in [0.2, 0.25) is 5.91 Å². The summed E-state index contributed by atoms with van der Waals surface area (Å²) < 4.78 is 43.3. The smallest absolute Gasteiger partial charge is 0.381 e. The molecule has 2 aliphatic rings. The fraction of sp³-hybridized carbons (Fsp3) is 0.632. The average Bonchev–Trinajstić information content (AvgIpc) is 2.87. The first-order valence-electron chi connectivity index (χ1n) is 9.32. The molecule has 166 valence electrons. The molecule has 0 unspecified atom stereocenters. The van der Waals surface area contributed by atoms with Crippen molar-refractivity contribution >= 4 is 30.7 Å². The molecule has 1 amide bonds. The third-order valence-electron chi connectivity index (χ3n) is 5.37. The zero-order valence-electron chi connectivity index (χ0n) is 16.1. The third-order valence-corrected chi connectivity index (χ3v) is 5.37. The van der Waals surface area contributed by atoms with Crippen LogP contribution in [0.25, 0.3) is 0 Å². The zero-order valence-corrected chi connectivity index (χ0v) is 17.8. The van der Waals surface area contributed by atoms with E-state index in [4.69, 9.17) is 10.5 Å². The quantitative estimate of drug-likeness (QED) is 0.757. The Kier molecular flexibility index (Phi) is 9.69. The Balaban J connectivity index is 0.00000210. The van der Waals surface area contributed by atoms with Crippen molar-refractivity contribution in [3.05, 3.63) is 35.4 Å². The largest absolute Gasteiger partial charge is 0.416 e. The molecular formula is C19H28Cl2F3N3O2. The molecule has 5 nitrogen and oxygen atoms in total. The van der Waals surface area contributed by atoms with E-state index in [9.17, 15) is 18.0 Å². The van der Waals surface area contributed by atoms with Crippen LogP contribution in [0, 0.1) is 0 Å². The van der Waals surface area contributed by atoms with Gasteiger partial charge in [0.25, 0.3) is 0 Å². The second kappa shape index (κ2) is 10.8. The van der Waals surface area contributed by atoms with Gasteiger partial charge in [0, 0.05) is 45.9 Å². The molecule has 29 heavy (non-hydrogen) atoms. The van der Waals surface area contributed by atoms with Crippen molar-refractivity contribution in [2.24, 2.45) is 5.73 Å². The van der Waals surface area contributed by atoms with Gasteiger partial charge in [0.15, 0.2) is 0 Å². The predicted octanol–water partition coefficient (Wildman–Crippen LogP) is 3.09. The molecule has 0 radical (unpaired) electrons. The SMILES string of the molecule is Cl.Cl.NC1(C(=O)N2CCCN(Cc3ccc(C(F)(F)F)cc3)CC2)CCOCC1. The van der Waals surface area contributed by atoms with Gasteiger partial charge in [-0.2, -0.15) is 13.2 Å². The fourth-order valence-electron chi connectivity index (χ4n) is 3.65. The van der Waals surface area contributed by atoms with Crippen molar-refractivity contribution in [1.29, 1.82) is 0 Å². The molecule has 3 rings (SSSR count). The van der Waals surface area contributed by atoms with Crippen LogP contribution in [0.1, 0.15) is 30.4 Å². The highest BCUT2D eigenvalue weighted by molar-refractivity contribution is 5.86. The number of halogens is 5. The minimum Gasteiger partial charge on any atom is -0.381 e. The molecule has 0 spiro atoms. The van der Waals surface area contributed by atoms with E-state index in [0.29, 0.717) is 52.2 Å². The van der Waals surface area contributed by atoms with Crippen molar-refractivity contribution in [2.45, 2.75) is 37.5 Å². The van der Waals surface area contributed by atoms with Crippen LogP contribution in [-0.2, 0) is 22.3 Å². The summed E-state index contributed by atoms with van der Waals surface area (Å²) in [5.41, 5.74) is 5.68. The van der Waals surface area contributed by atoms with Gasteiger partial charge in [-0.15, -0.1) is 24.8 Å². The summed E-state index contributed by atoms with van der Waals surface area (Å²) in [6, 6.07) is 5.28. The van der Waals surface area contributed by atoms with Crippen LogP contribution in [0.3, 0.4) is 0 Å². The lowest BCUT2D eigenvalue weighted by Crippen LogP contribution is -2.58. The number of nitrogens with two attached hydrogens (primary N) is 1. The third kappa shape index (κ3) is 6.72. The molecule has 2 fully saturated rings. The molecule has 0 aliphatic carbocycles. The van der Waals surface area contributed by atoms with E-state index < -0.39 is 17.3 Å². The summed E-state index contributed by atoms with van der Waals surface area (Å²) in [7, 11) is 0. The van der Waals surface area contributed by atoms with Gasteiger partial charge < -0.3 is 15.4 Å². The number of alkyl halides is 3. The van der Waals surface area contributed by atoms with Gasteiger partial charge in [-0.25, -0.2) is 0 Å². The first kappa shape index (κ1) is 26.0. The normalized spacial score (nSPS) is 20.2. The molecule has 0 saturated carbocycles. The summed E-state index contributed by atoms with van der Waals surface area (Å²) in [5, 5.41) is 0.